The predicted octanol–water partition coefficient (Wildman–Crippen LogP) is 2.94. The second-order valence-corrected chi connectivity index (χ2v) is 6.62. The first-order valence-corrected chi connectivity index (χ1v) is 7.96. The summed E-state index contributed by atoms with van der Waals surface area (Å²) >= 11 is 3.51. The van der Waals surface area contributed by atoms with Gasteiger partial charge in [0.2, 0.25) is 11.8 Å². The Bertz CT molecular complexity index is 858. The number of carbonyl (C=O) groups excluding carboxylic acids is 3. The van der Waals surface area contributed by atoms with Crippen molar-refractivity contribution < 1.29 is 14.4 Å². The molecule has 2 amide bonds. The van der Waals surface area contributed by atoms with Gasteiger partial charge < -0.3 is 0 Å². The van der Waals surface area contributed by atoms with Gasteiger partial charge in [-0.25, -0.2) is 0 Å². The second-order valence-electron chi connectivity index (χ2n) is 5.76. The second kappa shape index (κ2) is 4.74. The number of hydrogen-bond acceptors (Lipinski definition) is 3. The van der Waals surface area contributed by atoms with Gasteiger partial charge in [-0.05, 0) is 34.9 Å². The van der Waals surface area contributed by atoms with Crippen LogP contribution in [0.5, 0.6) is 0 Å². The molecule has 0 bridgehead atoms. The molecule has 1 N–H and O–H groups in total. The largest absolute Gasteiger partial charge is 0.296 e. The Morgan fingerprint density at radius 1 is 1.09 bits per heavy atom. The first-order valence-electron chi connectivity index (χ1n) is 7.17. The topological polar surface area (TPSA) is 63.2 Å². The fourth-order valence-corrected chi connectivity index (χ4v) is 4.06. The molecular formula is C17H12BrNO3. The molecule has 1 saturated heterocycles. The number of imide groups is 1. The summed E-state index contributed by atoms with van der Waals surface area (Å²) in [5.74, 6) is -1.57. The molecule has 4 nitrogen and oxygen atoms in total. The number of ketones is 1. The summed E-state index contributed by atoms with van der Waals surface area (Å²) in [4.78, 5) is 36.4. The summed E-state index contributed by atoms with van der Waals surface area (Å²) < 4.78 is 0.935. The van der Waals surface area contributed by atoms with E-state index in [2.05, 4.69) is 21.2 Å². The lowest BCUT2D eigenvalue weighted by molar-refractivity contribution is -0.136. The Labute approximate surface area is 135 Å². The van der Waals surface area contributed by atoms with Crippen molar-refractivity contribution in [2.75, 3.05) is 0 Å². The van der Waals surface area contributed by atoms with Gasteiger partial charge in [0, 0.05) is 16.5 Å². The van der Waals surface area contributed by atoms with Crippen molar-refractivity contribution in [2.45, 2.75) is 18.8 Å². The molecule has 0 aromatic heterocycles. The lowest BCUT2D eigenvalue weighted by atomic mass is 9.80. The third kappa shape index (κ3) is 1.78. The highest BCUT2D eigenvalue weighted by molar-refractivity contribution is 9.10. The molecule has 0 radical (unpaired) electrons. The minimum absolute atomic E-state index is 0.0202. The van der Waals surface area contributed by atoms with E-state index < -0.39 is 11.8 Å². The molecule has 1 heterocycles. The van der Waals surface area contributed by atoms with E-state index in [1.54, 1.807) is 0 Å². The molecule has 1 aliphatic heterocycles. The Morgan fingerprint density at radius 2 is 1.91 bits per heavy atom. The first-order chi connectivity index (χ1) is 10.6. The smallest absolute Gasteiger partial charge is 0.230 e. The van der Waals surface area contributed by atoms with E-state index in [1.165, 1.54) is 0 Å². The molecule has 2 aliphatic rings. The molecule has 22 heavy (non-hydrogen) atoms. The molecular weight excluding hydrogens is 346 g/mol. The van der Waals surface area contributed by atoms with Gasteiger partial charge in [0.1, 0.15) is 0 Å². The van der Waals surface area contributed by atoms with Gasteiger partial charge in [-0.2, -0.15) is 0 Å². The number of hydrogen-bond donors (Lipinski definition) is 1. The number of benzene rings is 2. The van der Waals surface area contributed by atoms with E-state index in [4.69, 9.17) is 0 Å². The van der Waals surface area contributed by atoms with Crippen LogP contribution in [0.15, 0.2) is 34.8 Å². The normalized spacial score (nSPS) is 24.0. The zero-order valence-corrected chi connectivity index (χ0v) is 13.1. The van der Waals surface area contributed by atoms with Crippen LogP contribution in [0.3, 0.4) is 0 Å². The van der Waals surface area contributed by atoms with Crippen molar-refractivity contribution >= 4 is 44.3 Å². The van der Waals surface area contributed by atoms with Crippen molar-refractivity contribution in [3.8, 4) is 0 Å². The average Bonchev–Trinajstić information content (AvgIpc) is 2.77. The van der Waals surface area contributed by atoms with Gasteiger partial charge in [-0.1, -0.05) is 34.1 Å². The number of carbonyl (C=O) groups is 3. The number of rotatable bonds is 1. The SMILES string of the molecule is O=C1CCC(C2C(=O)c3ccc(Br)c4cccc2c34)C(=O)N1. The van der Waals surface area contributed by atoms with Gasteiger partial charge in [-0.15, -0.1) is 0 Å². The van der Waals surface area contributed by atoms with Gasteiger partial charge >= 0.3 is 0 Å². The van der Waals surface area contributed by atoms with Crippen LogP contribution in [0.1, 0.15) is 34.7 Å². The summed E-state index contributed by atoms with van der Waals surface area (Å²) in [6.07, 6.45) is 0.711. The fourth-order valence-electron chi connectivity index (χ4n) is 3.60. The van der Waals surface area contributed by atoms with E-state index in [1.807, 2.05) is 30.3 Å². The van der Waals surface area contributed by atoms with E-state index >= 15 is 0 Å². The van der Waals surface area contributed by atoms with Crippen molar-refractivity contribution in [3.05, 3.63) is 45.9 Å². The molecule has 4 rings (SSSR count). The number of amides is 2. The Kier molecular flexibility index (Phi) is 2.94. The highest BCUT2D eigenvalue weighted by Crippen LogP contribution is 2.45. The number of halogens is 1. The van der Waals surface area contributed by atoms with Gasteiger partial charge in [0.25, 0.3) is 0 Å². The number of piperidine rings is 1. The summed E-state index contributed by atoms with van der Waals surface area (Å²) in [5.41, 5.74) is 1.57. The van der Waals surface area contributed by atoms with E-state index in [0.717, 1.165) is 20.8 Å². The summed E-state index contributed by atoms with van der Waals surface area (Å²) in [7, 11) is 0. The zero-order valence-electron chi connectivity index (χ0n) is 11.6. The average molecular weight is 358 g/mol. The van der Waals surface area contributed by atoms with Crippen LogP contribution in [-0.4, -0.2) is 17.6 Å². The van der Waals surface area contributed by atoms with E-state index in [0.29, 0.717) is 12.0 Å². The molecule has 2 aromatic carbocycles. The first kappa shape index (κ1) is 13.6. The lowest BCUT2D eigenvalue weighted by Gasteiger charge is -2.25. The molecule has 0 saturated carbocycles. The standard InChI is InChI=1S/C17H12BrNO3/c18-12-6-4-10-14-8(12)2-1-3-9(14)15(16(10)21)11-5-7-13(20)19-17(11)22/h1-4,6,11,15H,5,7H2,(H,19,20,22). The van der Waals surface area contributed by atoms with Crippen LogP contribution >= 0.6 is 15.9 Å². The predicted molar refractivity (Wildman–Crippen MR) is 84.6 cm³/mol. The maximum Gasteiger partial charge on any atom is 0.230 e. The molecule has 2 atom stereocenters. The fraction of sp³-hybridized carbons (Fsp3) is 0.235. The van der Waals surface area contributed by atoms with Crippen LogP contribution in [0.25, 0.3) is 10.8 Å². The molecule has 1 aliphatic carbocycles. The van der Waals surface area contributed by atoms with Crippen LogP contribution in [0.2, 0.25) is 0 Å². The summed E-state index contributed by atoms with van der Waals surface area (Å²) in [6, 6.07) is 9.46. The van der Waals surface area contributed by atoms with Gasteiger partial charge in [0.15, 0.2) is 5.78 Å². The molecule has 0 spiro atoms. The van der Waals surface area contributed by atoms with Crippen LogP contribution in [0, 0.1) is 5.92 Å². The highest BCUT2D eigenvalue weighted by atomic mass is 79.9. The maximum atomic E-state index is 12.8. The molecule has 5 heteroatoms. The zero-order chi connectivity index (χ0) is 15.4. The van der Waals surface area contributed by atoms with Crippen LogP contribution < -0.4 is 5.32 Å². The highest BCUT2D eigenvalue weighted by Gasteiger charge is 2.43. The monoisotopic (exact) mass is 357 g/mol. The van der Waals surface area contributed by atoms with Crippen molar-refractivity contribution in [1.82, 2.24) is 5.32 Å². The molecule has 2 unspecified atom stereocenters. The van der Waals surface area contributed by atoms with Crippen LogP contribution in [-0.2, 0) is 9.59 Å². The third-order valence-electron chi connectivity index (χ3n) is 4.59. The van der Waals surface area contributed by atoms with Crippen molar-refractivity contribution in [1.29, 1.82) is 0 Å². The number of nitrogens with one attached hydrogen (secondary N) is 1. The van der Waals surface area contributed by atoms with E-state index in [-0.39, 0.29) is 24.0 Å². The Balaban J connectivity index is 1.89. The van der Waals surface area contributed by atoms with Crippen molar-refractivity contribution in [3.63, 3.8) is 0 Å². The number of Topliss-reactive ketones (excluding diaryl/α,β-unsaturated/α-hetero) is 1. The summed E-state index contributed by atoms with van der Waals surface area (Å²) in [6.45, 7) is 0. The quantitative estimate of drug-likeness (QED) is 0.798. The van der Waals surface area contributed by atoms with Gasteiger partial charge in [0.05, 0.1) is 11.8 Å². The molecule has 2 aromatic rings. The minimum Gasteiger partial charge on any atom is -0.296 e. The van der Waals surface area contributed by atoms with Crippen molar-refractivity contribution in [2.24, 2.45) is 5.92 Å². The minimum atomic E-state index is -0.485. The Hall–Kier alpha value is -2.01. The molecule has 1 fully saturated rings. The van der Waals surface area contributed by atoms with E-state index in [9.17, 15) is 14.4 Å². The molecule has 110 valence electrons. The van der Waals surface area contributed by atoms with Crippen LogP contribution in [0.4, 0.5) is 0 Å². The lowest BCUT2D eigenvalue weighted by Crippen LogP contribution is -2.43. The maximum absolute atomic E-state index is 12.8. The Morgan fingerprint density at radius 3 is 2.68 bits per heavy atom. The van der Waals surface area contributed by atoms with Gasteiger partial charge in [-0.3, -0.25) is 19.7 Å². The summed E-state index contributed by atoms with van der Waals surface area (Å²) in [5, 5.41) is 4.27. The third-order valence-corrected chi connectivity index (χ3v) is 5.28.